The molecule has 2 rings (SSSR count). The lowest BCUT2D eigenvalue weighted by Gasteiger charge is -2.08. The fraction of sp³-hybridized carbons (Fsp3) is 0.250. The van der Waals surface area contributed by atoms with Crippen molar-refractivity contribution in [1.29, 1.82) is 0 Å². The average Bonchev–Trinajstić information content (AvgIpc) is 2.43. The highest BCUT2D eigenvalue weighted by molar-refractivity contribution is 6.34. The van der Waals surface area contributed by atoms with Gasteiger partial charge in [0.25, 0.3) is 0 Å². The van der Waals surface area contributed by atoms with E-state index in [0.29, 0.717) is 21.3 Å². The van der Waals surface area contributed by atoms with E-state index in [-0.39, 0.29) is 17.6 Å². The van der Waals surface area contributed by atoms with Crippen molar-refractivity contribution in [3.8, 4) is 0 Å². The summed E-state index contributed by atoms with van der Waals surface area (Å²) in [4.78, 5) is 32.8. The average molecular weight is 409 g/mol. The summed E-state index contributed by atoms with van der Waals surface area (Å²) in [6.07, 6.45) is 0. The Morgan fingerprint density at radius 2 is 1.30 bits per heavy atom. The molecule has 0 aliphatic rings. The molecule has 0 spiro atoms. The molecule has 2 amide bonds. The molecule has 7 heteroatoms. The highest BCUT2D eigenvalue weighted by Crippen LogP contribution is 2.25. The van der Waals surface area contributed by atoms with Gasteiger partial charge in [-0.2, -0.15) is 0 Å². The predicted octanol–water partition coefficient (Wildman–Crippen LogP) is 5.42. The number of benzene rings is 2. The number of hydrogen-bond acceptors (Lipinski definition) is 3. The lowest BCUT2D eigenvalue weighted by Crippen LogP contribution is -2.07. The molecule has 0 heterocycles. The number of nitrogens with one attached hydrogen (secondary N) is 2. The number of hydrogen-bond donors (Lipinski definition) is 2. The van der Waals surface area contributed by atoms with Gasteiger partial charge in [0.05, 0.1) is 5.02 Å². The normalized spacial score (nSPS) is 9.74. The molecule has 0 aromatic heterocycles. The monoisotopic (exact) mass is 408 g/mol. The van der Waals surface area contributed by atoms with Crippen molar-refractivity contribution in [3.63, 3.8) is 0 Å². The van der Waals surface area contributed by atoms with E-state index >= 15 is 0 Å². The zero-order chi connectivity index (χ0) is 20.7. The molecule has 0 bridgehead atoms. The molecule has 0 aliphatic carbocycles. The topological polar surface area (TPSA) is 75.3 Å². The molecule has 2 aromatic rings. The van der Waals surface area contributed by atoms with Crippen molar-refractivity contribution in [2.45, 2.75) is 34.6 Å². The lowest BCUT2D eigenvalue weighted by molar-refractivity contribution is -0.115. The number of carbonyl (C=O) groups is 3. The first-order chi connectivity index (χ1) is 12.5. The fourth-order valence-corrected chi connectivity index (χ4v) is 3.17. The standard InChI is InChI=1S/C11H12ClNO2.C9H10ClNO/c1-6-4-9(13-8(3)15)5-10(12)11(6)7(2)14;1-6-3-8(10)5-9(4-6)11-7(2)12/h4-5H,1-3H3,(H,13,15);3-5H,1-2H3,(H,11,12). The van der Waals surface area contributed by atoms with E-state index in [1.807, 2.05) is 19.1 Å². The highest BCUT2D eigenvalue weighted by atomic mass is 35.5. The number of carbonyl (C=O) groups excluding carboxylic acids is 3. The van der Waals surface area contributed by atoms with E-state index in [1.165, 1.54) is 20.8 Å². The van der Waals surface area contributed by atoms with Crippen molar-refractivity contribution in [2.24, 2.45) is 0 Å². The van der Waals surface area contributed by atoms with Gasteiger partial charge in [-0.15, -0.1) is 0 Å². The van der Waals surface area contributed by atoms with Gasteiger partial charge in [-0.3, -0.25) is 14.4 Å². The zero-order valence-corrected chi connectivity index (χ0v) is 17.4. The second-order valence-electron chi connectivity index (χ2n) is 6.09. The summed E-state index contributed by atoms with van der Waals surface area (Å²) in [5.74, 6) is -0.329. The van der Waals surface area contributed by atoms with Crippen molar-refractivity contribution >= 4 is 52.2 Å². The number of rotatable bonds is 3. The number of Topliss-reactive ketones (excluding diaryl/α,β-unsaturated/α-hetero) is 1. The van der Waals surface area contributed by atoms with Gasteiger partial charge in [0, 0.05) is 35.8 Å². The maximum Gasteiger partial charge on any atom is 0.221 e. The summed E-state index contributed by atoms with van der Waals surface area (Å²) in [6.45, 7) is 8.07. The van der Waals surface area contributed by atoms with Crippen LogP contribution in [0.25, 0.3) is 0 Å². The first kappa shape index (κ1) is 22.7. The summed E-state index contributed by atoms with van der Waals surface area (Å²) in [6, 6.07) is 8.73. The minimum atomic E-state index is -0.166. The molecule has 0 atom stereocenters. The second-order valence-corrected chi connectivity index (χ2v) is 6.93. The van der Waals surface area contributed by atoms with E-state index in [4.69, 9.17) is 23.2 Å². The minimum absolute atomic E-state index is 0.0770. The van der Waals surface area contributed by atoms with Crippen LogP contribution in [0.1, 0.15) is 42.3 Å². The van der Waals surface area contributed by atoms with E-state index < -0.39 is 0 Å². The van der Waals surface area contributed by atoms with Gasteiger partial charge in [-0.1, -0.05) is 23.2 Å². The smallest absolute Gasteiger partial charge is 0.221 e. The molecular formula is C20H22Cl2N2O3. The molecule has 0 unspecified atom stereocenters. The van der Waals surface area contributed by atoms with E-state index in [1.54, 1.807) is 25.1 Å². The van der Waals surface area contributed by atoms with Crippen LogP contribution >= 0.6 is 23.2 Å². The molecular weight excluding hydrogens is 387 g/mol. The summed E-state index contributed by atoms with van der Waals surface area (Å²) in [7, 11) is 0. The molecule has 0 fully saturated rings. The first-order valence-electron chi connectivity index (χ1n) is 8.13. The molecule has 0 aliphatic heterocycles. The Bertz CT molecular complexity index is 836. The van der Waals surface area contributed by atoms with E-state index in [9.17, 15) is 14.4 Å². The Balaban J connectivity index is 0.000000277. The Morgan fingerprint density at radius 3 is 1.70 bits per heavy atom. The van der Waals surface area contributed by atoms with E-state index in [2.05, 4.69) is 10.6 Å². The molecule has 0 saturated carbocycles. The number of aryl methyl sites for hydroxylation is 2. The summed E-state index contributed by atoms with van der Waals surface area (Å²) >= 11 is 11.7. The van der Waals surface area contributed by atoms with Crippen molar-refractivity contribution < 1.29 is 14.4 Å². The zero-order valence-electron chi connectivity index (χ0n) is 15.9. The van der Waals surface area contributed by atoms with Gasteiger partial charge in [0.2, 0.25) is 11.8 Å². The molecule has 2 aromatic carbocycles. The summed E-state index contributed by atoms with van der Waals surface area (Å²) < 4.78 is 0. The molecule has 0 radical (unpaired) electrons. The number of anilines is 2. The first-order valence-corrected chi connectivity index (χ1v) is 8.88. The Morgan fingerprint density at radius 1 is 0.778 bits per heavy atom. The summed E-state index contributed by atoms with van der Waals surface area (Å²) in [5, 5.41) is 6.29. The summed E-state index contributed by atoms with van der Waals surface area (Å²) in [5.41, 5.74) is 3.65. The van der Waals surface area contributed by atoms with Crippen molar-refractivity contribution in [1.82, 2.24) is 0 Å². The van der Waals surface area contributed by atoms with Gasteiger partial charge in [0.1, 0.15) is 0 Å². The van der Waals surface area contributed by atoms with E-state index in [0.717, 1.165) is 16.8 Å². The lowest BCUT2D eigenvalue weighted by atomic mass is 10.0. The highest BCUT2D eigenvalue weighted by Gasteiger charge is 2.11. The van der Waals surface area contributed by atoms with Gasteiger partial charge in [-0.25, -0.2) is 0 Å². The fourth-order valence-electron chi connectivity index (χ4n) is 2.48. The van der Waals surface area contributed by atoms with Crippen molar-refractivity contribution in [2.75, 3.05) is 10.6 Å². The Kier molecular flexibility index (Phi) is 8.47. The van der Waals surface area contributed by atoms with Crippen LogP contribution in [0.15, 0.2) is 30.3 Å². The maximum absolute atomic E-state index is 11.2. The number of amides is 2. The van der Waals surface area contributed by atoms with Crippen LogP contribution in [0.2, 0.25) is 10.0 Å². The van der Waals surface area contributed by atoms with Crippen LogP contribution in [-0.4, -0.2) is 17.6 Å². The Labute approximate surface area is 169 Å². The molecule has 2 N–H and O–H groups in total. The SMILES string of the molecule is CC(=O)Nc1cc(C)c(C(C)=O)c(Cl)c1.CC(=O)Nc1cc(C)cc(Cl)c1. The number of ketones is 1. The van der Waals surface area contributed by atoms with Crippen LogP contribution < -0.4 is 10.6 Å². The third-order valence-electron chi connectivity index (χ3n) is 3.32. The van der Waals surface area contributed by atoms with Gasteiger partial charge < -0.3 is 10.6 Å². The molecule has 0 saturated heterocycles. The quantitative estimate of drug-likeness (QED) is 0.665. The Hall–Kier alpha value is -2.37. The third kappa shape index (κ3) is 7.81. The van der Waals surface area contributed by atoms with Gasteiger partial charge in [-0.05, 0) is 62.2 Å². The second kappa shape index (κ2) is 10.1. The predicted molar refractivity (Wildman–Crippen MR) is 111 cm³/mol. The number of halogens is 2. The van der Waals surface area contributed by atoms with Crippen molar-refractivity contribution in [3.05, 3.63) is 57.1 Å². The minimum Gasteiger partial charge on any atom is -0.326 e. The molecule has 5 nitrogen and oxygen atoms in total. The van der Waals surface area contributed by atoms with Gasteiger partial charge >= 0.3 is 0 Å². The molecule has 27 heavy (non-hydrogen) atoms. The van der Waals surface area contributed by atoms with Crippen LogP contribution in [0, 0.1) is 13.8 Å². The van der Waals surface area contributed by atoms with Crippen LogP contribution in [0.3, 0.4) is 0 Å². The largest absolute Gasteiger partial charge is 0.326 e. The van der Waals surface area contributed by atoms with Crippen LogP contribution in [0.4, 0.5) is 11.4 Å². The molecule has 144 valence electrons. The maximum atomic E-state index is 11.2. The van der Waals surface area contributed by atoms with Crippen LogP contribution in [-0.2, 0) is 9.59 Å². The van der Waals surface area contributed by atoms with Crippen LogP contribution in [0.5, 0.6) is 0 Å². The third-order valence-corrected chi connectivity index (χ3v) is 3.84. The van der Waals surface area contributed by atoms with Gasteiger partial charge in [0.15, 0.2) is 5.78 Å².